The van der Waals surface area contributed by atoms with E-state index in [4.69, 9.17) is 4.74 Å². The summed E-state index contributed by atoms with van der Waals surface area (Å²) < 4.78 is 4.70. The lowest BCUT2D eigenvalue weighted by Gasteiger charge is -1.99. The average Bonchev–Trinajstić information content (AvgIpc) is 2.47. The SMILES string of the molecule is Cc1ccc(C(=O)C=Cc2ccc(OC=O)cc2)cc1. The Bertz CT molecular complexity index is 622. The topological polar surface area (TPSA) is 43.4 Å². The van der Waals surface area contributed by atoms with Gasteiger partial charge >= 0.3 is 0 Å². The molecule has 0 aromatic heterocycles. The molecule has 3 nitrogen and oxygen atoms in total. The first kappa shape index (κ1) is 13.7. The van der Waals surface area contributed by atoms with Crippen LogP contribution in [-0.4, -0.2) is 12.3 Å². The van der Waals surface area contributed by atoms with Crippen LogP contribution in [0.25, 0.3) is 6.08 Å². The molecule has 0 aliphatic heterocycles. The molecule has 0 aliphatic carbocycles. The number of rotatable bonds is 5. The van der Waals surface area contributed by atoms with Gasteiger partial charge in [0.15, 0.2) is 5.78 Å². The van der Waals surface area contributed by atoms with E-state index in [1.54, 1.807) is 30.3 Å². The Morgan fingerprint density at radius 3 is 2.25 bits per heavy atom. The molecule has 0 fully saturated rings. The van der Waals surface area contributed by atoms with Crippen LogP contribution >= 0.6 is 0 Å². The highest BCUT2D eigenvalue weighted by molar-refractivity contribution is 6.06. The molecule has 0 saturated heterocycles. The maximum Gasteiger partial charge on any atom is 0.298 e. The molecule has 2 aromatic carbocycles. The van der Waals surface area contributed by atoms with Crippen molar-refractivity contribution in [3.8, 4) is 5.75 Å². The van der Waals surface area contributed by atoms with Crippen LogP contribution in [0.5, 0.6) is 5.75 Å². The summed E-state index contributed by atoms with van der Waals surface area (Å²) in [5.41, 5.74) is 2.65. The molecule has 0 radical (unpaired) electrons. The van der Waals surface area contributed by atoms with E-state index < -0.39 is 0 Å². The highest BCUT2D eigenvalue weighted by Crippen LogP contribution is 2.13. The van der Waals surface area contributed by atoms with Gasteiger partial charge in [0.05, 0.1) is 0 Å². The second-order valence-electron chi connectivity index (χ2n) is 4.35. The third-order valence-corrected chi connectivity index (χ3v) is 2.83. The van der Waals surface area contributed by atoms with Gasteiger partial charge in [-0.05, 0) is 30.7 Å². The summed E-state index contributed by atoms with van der Waals surface area (Å²) in [6, 6.07) is 14.3. The zero-order valence-corrected chi connectivity index (χ0v) is 11.1. The van der Waals surface area contributed by atoms with Gasteiger partial charge in [0.1, 0.15) is 5.75 Å². The highest BCUT2D eigenvalue weighted by Gasteiger charge is 2.00. The molecule has 0 atom stereocenters. The molecule has 20 heavy (non-hydrogen) atoms. The van der Waals surface area contributed by atoms with Gasteiger partial charge in [-0.15, -0.1) is 0 Å². The molecule has 0 aliphatic rings. The van der Waals surface area contributed by atoms with E-state index in [9.17, 15) is 9.59 Å². The number of hydrogen-bond donors (Lipinski definition) is 0. The normalized spacial score (nSPS) is 10.4. The minimum atomic E-state index is -0.0433. The summed E-state index contributed by atoms with van der Waals surface area (Å²) in [5.74, 6) is 0.431. The number of ether oxygens (including phenoxy) is 1. The minimum absolute atomic E-state index is 0.0433. The van der Waals surface area contributed by atoms with E-state index in [0.29, 0.717) is 17.8 Å². The molecule has 0 N–H and O–H groups in total. The number of aryl methyl sites for hydroxylation is 1. The number of carbonyl (C=O) groups is 2. The van der Waals surface area contributed by atoms with Crippen LogP contribution in [0.15, 0.2) is 54.6 Å². The maximum atomic E-state index is 11.9. The van der Waals surface area contributed by atoms with Crippen molar-refractivity contribution >= 4 is 18.3 Å². The Kier molecular flexibility index (Phi) is 4.45. The van der Waals surface area contributed by atoms with Gasteiger partial charge < -0.3 is 4.74 Å². The van der Waals surface area contributed by atoms with Crippen LogP contribution in [-0.2, 0) is 4.79 Å². The van der Waals surface area contributed by atoms with Crippen LogP contribution in [0.2, 0.25) is 0 Å². The molecule has 0 bridgehead atoms. The summed E-state index contributed by atoms with van der Waals surface area (Å²) in [4.78, 5) is 22.1. The van der Waals surface area contributed by atoms with E-state index in [1.165, 1.54) is 6.08 Å². The lowest BCUT2D eigenvalue weighted by molar-refractivity contribution is -0.120. The molecule has 0 unspecified atom stereocenters. The molecule has 0 heterocycles. The monoisotopic (exact) mass is 266 g/mol. The largest absolute Gasteiger partial charge is 0.429 e. The maximum absolute atomic E-state index is 11.9. The Balaban J connectivity index is 2.06. The second-order valence-corrected chi connectivity index (χ2v) is 4.35. The Hall–Kier alpha value is -2.68. The van der Waals surface area contributed by atoms with Crippen molar-refractivity contribution in [3.63, 3.8) is 0 Å². The molecule has 2 rings (SSSR count). The van der Waals surface area contributed by atoms with Crippen LogP contribution in [0.3, 0.4) is 0 Å². The fourth-order valence-corrected chi connectivity index (χ4v) is 1.70. The van der Waals surface area contributed by atoms with Crippen LogP contribution < -0.4 is 4.74 Å². The highest BCUT2D eigenvalue weighted by atomic mass is 16.5. The Morgan fingerprint density at radius 1 is 1.00 bits per heavy atom. The van der Waals surface area contributed by atoms with Gasteiger partial charge in [0.2, 0.25) is 0 Å². The average molecular weight is 266 g/mol. The number of carbonyl (C=O) groups excluding carboxylic acids is 2. The van der Waals surface area contributed by atoms with E-state index in [2.05, 4.69) is 0 Å². The van der Waals surface area contributed by atoms with Gasteiger partial charge in [0, 0.05) is 5.56 Å². The third kappa shape index (κ3) is 3.65. The summed E-state index contributed by atoms with van der Waals surface area (Å²) in [6.07, 6.45) is 3.26. The van der Waals surface area contributed by atoms with Crippen LogP contribution in [0.1, 0.15) is 21.5 Å². The molecule has 3 heteroatoms. The van der Waals surface area contributed by atoms with Crippen molar-refractivity contribution in [3.05, 3.63) is 71.3 Å². The number of ketones is 1. The van der Waals surface area contributed by atoms with Gasteiger partial charge in [0.25, 0.3) is 6.47 Å². The number of allylic oxidation sites excluding steroid dienone is 1. The molecule has 0 spiro atoms. The van der Waals surface area contributed by atoms with Crippen molar-refractivity contribution < 1.29 is 14.3 Å². The first-order chi connectivity index (χ1) is 9.69. The smallest absolute Gasteiger partial charge is 0.298 e. The van der Waals surface area contributed by atoms with Gasteiger partial charge in [-0.2, -0.15) is 0 Å². The molecule has 0 saturated carbocycles. The predicted octanol–water partition coefficient (Wildman–Crippen LogP) is 3.43. The summed E-state index contributed by atoms with van der Waals surface area (Å²) in [5, 5.41) is 0. The summed E-state index contributed by atoms with van der Waals surface area (Å²) >= 11 is 0. The lowest BCUT2D eigenvalue weighted by Crippen LogP contribution is -1.93. The first-order valence-electron chi connectivity index (χ1n) is 6.18. The standard InChI is InChI=1S/C17H14O3/c1-13-2-7-15(8-3-13)17(19)11-6-14-4-9-16(10-5-14)20-12-18/h2-12H,1H3. The molecular formula is C17H14O3. The third-order valence-electron chi connectivity index (χ3n) is 2.83. The molecule has 0 amide bonds. The number of hydrogen-bond acceptors (Lipinski definition) is 3. The van der Waals surface area contributed by atoms with Crippen molar-refractivity contribution in [2.24, 2.45) is 0 Å². The van der Waals surface area contributed by atoms with Crippen molar-refractivity contribution in [1.82, 2.24) is 0 Å². The summed E-state index contributed by atoms with van der Waals surface area (Å²) in [7, 11) is 0. The first-order valence-corrected chi connectivity index (χ1v) is 6.18. The zero-order chi connectivity index (χ0) is 14.4. The van der Waals surface area contributed by atoms with Crippen LogP contribution in [0.4, 0.5) is 0 Å². The van der Waals surface area contributed by atoms with Crippen molar-refractivity contribution in [2.75, 3.05) is 0 Å². The number of benzene rings is 2. The fourth-order valence-electron chi connectivity index (χ4n) is 1.70. The van der Waals surface area contributed by atoms with E-state index in [-0.39, 0.29) is 5.78 Å². The van der Waals surface area contributed by atoms with Crippen molar-refractivity contribution in [1.29, 1.82) is 0 Å². The van der Waals surface area contributed by atoms with Gasteiger partial charge in [-0.1, -0.05) is 48.0 Å². The van der Waals surface area contributed by atoms with E-state index in [0.717, 1.165) is 11.1 Å². The van der Waals surface area contributed by atoms with E-state index in [1.807, 2.05) is 31.2 Å². The van der Waals surface area contributed by atoms with Gasteiger partial charge in [-0.3, -0.25) is 9.59 Å². The minimum Gasteiger partial charge on any atom is -0.429 e. The predicted molar refractivity (Wildman–Crippen MR) is 77.7 cm³/mol. The summed E-state index contributed by atoms with van der Waals surface area (Å²) in [6.45, 7) is 2.36. The fraction of sp³-hybridized carbons (Fsp3) is 0.0588. The quantitative estimate of drug-likeness (QED) is 0.473. The van der Waals surface area contributed by atoms with Crippen LogP contribution in [0, 0.1) is 6.92 Å². The zero-order valence-electron chi connectivity index (χ0n) is 11.1. The second kappa shape index (κ2) is 6.48. The van der Waals surface area contributed by atoms with E-state index >= 15 is 0 Å². The molecule has 2 aromatic rings. The Labute approximate surface area is 117 Å². The molecule has 100 valence electrons. The lowest BCUT2D eigenvalue weighted by atomic mass is 10.1. The van der Waals surface area contributed by atoms with Gasteiger partial charge in [-0.25, -0.2) is 0 Å². The Morgan fingerprint density at radius 2 is 1.65 bits per heavy atom. The molecular weight excluding hydrogens is 252 g/mol. The van der Waals surface area contributed by atoms with Crippen molar-refractivity contribution in [2.45, 2.75) is 6.92 Å².